The molecule has 1 aliphatic heterocycles. The van der Waals surface area contributed by atoms with E-state index in [9.17, 15) is 0 Å². The summed E-state index contributed by atoms with van der Waals surface area (Å²) in [6, 6.07) is 2.67. The average molecular weight is 180 g/mol. The van der Waals surface area contributed by atoms with Crippen molar-refractivity contribution in [2.45, 2.75) is 31.8 Å². The maximum atomic E-state index is 5.48. The number of hydrogen-bond acceptors (Lipinski definition) is 3. The Bertz CT molecular complexity index is 262. The van der Waals surface area contributed by atoms with Crippen LogP contribution < -0.4 is 11.1 Å². The van der Waals surface area contributed by atoms with Crippen molar-refractivity contribution < 1.29 is 0 Å². The summed E-state index contributed by atoms with van der Waals surface area (Å²) in [6.45, 7) is 1.70. The van der Waals surface area contributed by atoms with Crippen LogP contribution in [-0.2, 0) is 13.0 Å². The number of nitrogens with one attached hydrogen (secondary N) is 2. The van der Waals surface area contributed by atoms with Crippen molar-refractivity contribution >= 4 is 0 Å². The lowest BCUT2D eigenvalue weighted by atomic mass is 10.1. The third-order valence-corrected chi connectivity index (χ3v) is 2.52. The van der Waals surface area contributed by atoms with Gasteiger partial charge < -0.3 is 11.1 Å². The molecule has 1 atom stereocenters. The molecule has 0 aromatic carbocycles. The van der Waals surface area contributed by atoms with E-state index in [0.29, 0.717) is 12.6 Å². The van der Waals surface area contributed by atoms with Gasteiger partial charge in [0, 0.05) is 24.7 Å². The first-order chi connectivity index (χ1) is 6.38. The van der Waals surface area contributed by atoms with E-state index in [-0.39, 0.29) is 0 Å². The molecule has 1 saturated heterocycles. The van der Waals surface area contributed by atoms with Crippen LogP contribution in [0, 0.1) is 0 Å². The molecular formula is C9H16N4. The van der Waals surface area contributed by atoms with Gasteiger partial charge in [-0.05, 0) is 25.5 Å². The van der Waals surface area contributed by atoms with Crippen molar-refractivity contribution in [1.29, 1.82) is 0 Å². The van der Waals surface area contributed by atoms with E-state index in [1.807, 2.05) is 0 Å². The average Bonchev–Trinajstić information content (AvgIpc) is 2.76. The molecule has 0 spiro atoms. The molecule has 1 fully saturated rings. The van der Waals surface area contributed by atoms with E-state index in [1.54, 1.807) is 0 Å². The molecule has 2 rings (SSSR count). The molecule has 0 aliphatic carbocycles. The Morgan fingerprint density at radius 3 is 3.15 bits per heavy atom. The van der Waals surface area contributed by atoms with Crippen molar-refractivity contribution in [2.75, 3.05) is 6.54 Å². The van der Waals surface area contributed by atoms with Crippen molar-refractivity contribution in [1.82, 2.24) is 15.5 Å². The van der Waals surface area contributed by atoms with Crippen LogP contribution >= 0.6 is 0 Å². The smallest absolute Gasteiger partial charge is 0.0641 e. The van der Waals surface area contributed by atoms with Crippen LogP contribution in [0.3, 0.4) is 0 Å². The molecule has 0 amide bonds. The highest BCUT2D eigenvalue weighted by molar-refractivity contribution is 5.09. The summed E-state index contributed by atoms with van der Waals surface area (Å²) in [5.41, 5.74) is 7.63. The van der Waals surface area contributed by atoms with Gasteiger partial charge in [-0.25, -0.2) is 0 Å². The van der Waals surface area contributed by atoms with Crippen LogP contribution in [0.15, 0.2) is 6.07 Å². The Morgan fingerprint density at radius 2 is 2.54 bits per heavy atom. The van der Waals surface area contributed by atoms with Gasteiger partial charge in [-0.2, -0.15) is 5.10 Å². The topological polar surface area (TPSA) is 66.7 Å². The van der Waals surface area contributed by atoms with Crippen LogP contribution in [-0.4, -0.2) is 22.8 Å². The second-order valence-electron chi connectivity index (χ2n) is 3.59. The Hall–Kier alpha value is -0.870. The normalized spacial score (nSPS) is 22.4. The quantitative estimate of drug-likeness (QED) is 0.621. The van der Waals surface area contributed by atoms with E-state index in [4.69, 9.17) is 5.73 Å². The molecule has 1 aromatic rings. The molecule has 0 saturated carbocycles. The molecule has 13 heavy (non-hydrogen) atoms. The van der Waals surface area contributed by atoms with Crippen molar-refractivity contribution in [2.24, 2.45) is 5.73 Å². The molecule has 0 bridgehead atoms. The molecular weight excluding hydrogens is 164 g/mol. The van der Waals surface area contributed by atoms with Crippen LogP contribution in [0.2, 0.25) is 0 Å². The highest BCUT2D eigenvalue weighted by Gasteiger charge is 2.15. The number of aromatic nitrogens is 2. The fourth-order valence-electron chi connectivity index (χ4n) is 1.80. The fourth-order valence-corrected chi connectivity index (χ4v) is 1.80. The summed E-state index contributed by atoms with van der Waals surface area (Å²) in [5.74, 6) is 0. The molecule has 0 radical (unpaired) electrons. The second kappa shape index (κ2) is 3.89. The van der Waals surface area contributed by atoms with E-state index in [2.05, 4.69) is 21.6 Å². The summed E-state index contributed by atoms with van der Waals surface area (Å²) < 4.78 is 0. The Morgan fingerprint density at radius 1 is 1.62 bits per heavy atom. The zero-order valence-electron chi connectivity index (χ0n) is 7.71. The molecule has 4 nitrogen and oxygen atoms in total. The van der Waals surface area contributed by atoms with Crippen LogP contribution in [0.1, 0.15) is 24.2 Å². The molecule has 72 valence electrons. The molecule has 4 N–H and O–H groups in total. The minimum atomic E-state index is 0.547. The second-order valence-corrected chi connectivity index (χ2v) is 3.59. The number of rotatable bonds is 3. The highest BCUT2D eigenvalue weighted by atomic mass is 15.1. The molecule has 2 heterocycles. The summed E-state index contributed by atoms with van der Waals surface area (Å²) >= 11 is 0. The number of aromatic amines is 1. The first kappa shape index (κ1) is 8.72. The van der Waals surface area contributed by atoms with E-state index in [1.165, 1.54) is 12.8 Å². The van der Waals surface area contributed by atoms with Gasteiger partial charge in [-0.1, -0.05) is 0 Å². The number of hydrogen-bond donors (Lipinski definition) is 3. The SMILES string of the molecule is NCc1cc(CC2CCCN2)n[nH]1. The maximum Gasteiger partial charge on any atom is 0.0641 e. The monoisotopic (exact) mass is 180 g/mol. The summed E-state index contributed by atoms with van der Waals surface area (Å²) in [7, 11) is 0. The van der Waals surface area contributed by atoms with E-state index >= 15 is 0 Å². The van der Waals surface area contributed by atoms with Gasteiger partial charge in [0.25, 0.3) is 0 Å². The highest BCUT2D eigenvalue weighted by Crippen LogP contribution is 2.10. The predicted molar refractivity (Wildman–Crippen MR) is 51.2 cm³/mol. The van der Waals surface area contributed by atoms with Gasteiger partial charge in [0.1, 0.15) is 0 Å². The molecule has 1 aliphatic rings. The summed E-state index contributed by atoms with van der Waals surface area (Å²) in [5, 5.41) is 10.6. The van der Waals surface area contributed by atoms with Gasteiger partial charge in [0.2, 0.25) is 0 Å². The molecule has 4 heteroatoms. The van der Waals surface area contributed by atoms with E-state index in [0.717, 1.165) is 24.4 Å². The van der Waals surface area contributed by atoms with Crippen molar-refractivity contribution in [3.8, 4) is 0 Å². The molecule has 1 aromatic heterocycles. The van der Waals surface area contributed by atoms with Crippen LogP contribution in [0.4, 0.5) is 0 Å². The first-order valence-corrected chi connectivity index (χ1v) is 4.85. The van der Waals surface area contributed by atoms with Crippen molar-refractivity contribution in [3.05, 3.63) is 17.5 Å². The van der Waals surface area contributed by atoms with Crippen molar-refractivity contribution in [3.63, 3.8) is 0 Å². The lowest BCUT2D eigenvalue weighted by Crippen LogP contribution is -2.23. The third kappa shape index (κ3) is 2.08. The number of H-pyrrole nitrogens is 1. The Kier molecular flexibility index (Phi) is 2.61. The Balaban J connectivity index is 1.92. The zero-order valence-corrected chi connectivity index (χ0v) is 7.71. The number of nitrogens with zero attached hydrogens (tertiary/aromatic N) is 1. The maximum absolute atomic E-state index is 5.48. The molecule has 1 unspecified atom stereocenters. The van der Waals surface area contributed by atoms with Gasteiger partial charge in [0.15, 0.2) is 0 Å². The standard InChI is InChI=1S/C9H16N4/c10-6-9-5-8(12-13-9)4-7-2-1-3-11-7/h5,7,11H,1-4,6,10H2,(H,12,13). The van der Waals surface area contributed by atoms with Crippen LogP contribution in [0.5, 0.6) is 0 Å². The third-order valence-electron chi connectivity index (χ3n) is 2.52. The lowest BCUT2D eigenvalue weighted by Gasteiger charge is -2.06. The minimum absolute atomic E-state index is 0.547. The lowest BCUT2D eigenvalue weighted by molar-refractivity contribution is 0.594. The number of nitrogens with two attached hydrogens (primary N) is 1. The summed E-state index contributed by atoms with van der Waals surface area (Å²) in [4.78, 5) is 0. The van der Waals surface area contributed by atoms with Crippen LogP contribution in [0.25, 0.3) is 0 Å². The predicted octanol–water partition coefficient (Wildman–Crippen LogP) is 0.163. The minimum Gasteiger partial charge on any atom is -0.325 e. The van der Waals surface area contributed by atoms with Gasteiger partial charge >= 0.3 is 0 Å². The first-order valence-electron chi connectivity index (χ1n) is 4.85. The summed E-state index contributed by atoms with van der Waals surface area (Å²) in [6.07, 6.45) is 3.58. The Labute approximate surface area is 77.9 Å². The van der Waals surface area contributed by atoms with Gasteiger partial charge in [-0.3, -0.25) is 5.10 Å². The fraction of sp³-hybridized carbons (Fsp3) is 0.667. The van der Waals surface area contributed by atoms with Gasteiger partial charge in [0.05, 0.1) is 5.69 Å². The largest absolute Gasteiger partial charge is 0.325 e. The van der Waals surface area contributed by atoms with E-state index < -0.39 is 0 Å². The zero-order chi connectivity index (χ0) is 9.10. The van der Waals surface area contributed by atoms with Gasteiger partial charge in [-0.15, -0.1) is 0 Å².